The molecule has 3 rings (SSSR count). The molecular formula is C24H30F3N3O4S. The van der Waals surface area contributed by atoms with E-state index in [9.17, 15) is 26.4 Å². The average Bonchev–Trinajstić information content (AvgIpc) is 3.25. The van der Waals surface area contributed by atoms with Gasteiger partial charge in [-0.15, -0.1) is 0 Å². The Morgan fingerprint density at radius 2 is 1.69 bits per heavy atom. The van der Waals surface area contributed by atoms with E-state index in [1.165, 1.54) is 28.6 Å². The highest BCUT2D eigenvalue weighted by Crippen LogP contribution is 2.29. The van der Waals surface area contributed by atoms with Crippen LogP contribution in [-0.2, 0) is 27.5 Å². The van der Waals surface area contributed by atoms with E-state index in [0.717, 1.165) is 12.1 Å². The predicted molar refractivity (Wildman–Crippen MR) is 126 cm³/mol. The Bertz CT molecular complexity index is 1110. The van der Waals surface area contributed by atoms with Crippen molar-refractivity contribution >= 4 is 21.8 Å². The second kappa shape index (κ2) is 10.4. The van der Waals surface area contributed by atoms with E-state index in [1.807, 2.05) is 0 Å². The molecule has 2 N–H and O–H groups in total. The van der Waals surface area contributed by atoms with Crippen LogP contribution in [0.25, 0.3) is 0 Å². The first-order chi connectivity index (χ1) is 16.2. The molecule has 2 aromatic rings. The van der Waals surface area contributed by atoms with Gasteiger partial charge in [-0.25, -0.2) is 13.2 Å². The van der Waals surface area contributed by atoms with Gasteiger partial charge in [-0.1, -0.05) is 12.1 Å². The molecule has 0 aromatic heterocycles. The lowest BCUT2D eigenvalue weighted by molar-refractivity contribution is -0.137. The molecule has 0 unspecified atom stereocenters. The van der Waals surface area contributed by atoms with E-state index < -0.39 is 33.5 Å². The van der Waals surface area contributed by atoms with Crippen LogP contribution in [0.2, 0.25) is 0 Å². The second-order valence-corrected chi connectivity index (χ2v) is 11.4. The molecule has 11 heteroatoms. The number of carbonyl (C=O) groups is 1. The number of ether oxygens (including phenoxy) is 1. The van der Waals surface area contributed by atoms with Gasteiger partial charge < -0.3 is 15.4 Å². The second-order valence-electron chi connectivity index (χ2n) is 9.47. The summed E-state index contributed by atoms with van der Waals surface area (Å²) in [6, 6.07) is 11.1. The summed E-state index contributed by atoms with van der Waals surface area (Å²) in [5.41, 5.74) is -0.00320. The minimum atomic E-state index is -4.38. The summed E-state index contributed by atoms with van der Waals surface area (Å²) in [5, 5.41) is 5.77. The predicted octanol–water partition coefficient (Wildman–Crippen LogP) is 4.85. The Kier molecular flexibility index (Phi) is 8.00. The van der Waals surface area contributed by atoms with Gasteiger partial charge in [0, 0.05) is 31.9 Å². The van der Waals surface area contributed by atoms with Crippen LogP contribution in [0.4, 0.5) is 23.7 Å². The lowest BCUT2D eigenvalue weighted by Crippen LogP contribution is -2.36. The zero-order valence-electron chi connectivity index (χ0n) is 19.9. The maximum absolute atomic E-state index is 13.0. The first kappa shape index (κ1) is 26.8. The van der Waals surface area contributed by atoms with Crippen LogP contribution in [-0.4, -0.2) is 44.1 Å². The van der Waals surface area contributed by atoms with Crippen molar-refractivity contribution in [3.05, 3.63) is 59.7 Å². The Hall–Kier alpha value is -2.79. The van der Waals surface area contributed by atoms with Crippen molar-refractivity contribution in [3.8, 4) is 0 Å². The molecule has 0 saturated carbocycles. The molecule has 0 aliphatic carbocycles. The van der Waals surface area contributed by atoms with Crippen LogP contribution >= 0.6 is 0 Å². The molecule has 1 fully saturated rings. The van der Waals surface area contributed by atoms with E-state index in [1.54, 1.807) is 32.9 Å². The zero-order valence-corrected chi connectivity index (χ0v) is 20.7. The summed E-state index contributed by atoms with van der Waals surface area (Å²) >= 11 is 0. The fourth-order valence-corrected chi connectivity index (χ4v) is 5.16. The number of sulfonamides is 1. The van der Waals surface area contributed by atoms with Crippen molar-refractivity contribution < 1.29 is 31.1 Å². The Morgan fingerprint density at radius 1 is 1.06 bits per heavy atom. The Morgan fingerprint density at radius 3 is 2.26 bits per heavy atom. The van der Waals surface area contributed by atoms with Gasteiger partial charge in [0.05, 0.1) is 10.5 Å². The molecule has 192 valence electrons. The topological polar surface area (TPSA) is 87.7 Å². The van der Waals surface area contributed by atoms with E-state index in [-0.39, 0.29) is 10.8 Å². The first-order valence-electron chi connectivity index (χ1n) is 11.2. The summed E-state index contributed by atoms with van der Waals surface area (Å²) in [6.07, 6.45) is -4.28. The number of alkyl halides is 3. The molecule has 1 atom stereocenters. The lowest BCUT2D eigenvalue weighted by atomic mass is 10.1. The van der Waals surface area contributed by atoms with Crippen molar-refractivity contribution in [3.63, 3.8) is 0 Å². The van der Waals surface area contributed by atoms with Gasteiger partial charge in [-0.2, -0.15) is 17.5 Å². The highest BCUT2D eigenvalue weighted by molar-refractivity contribution is 7.89. The molecule has 1 aliphatic heterocycles. The Labute approximate surface area is 203 Å². The van der Waals surface area contributed by atoms with Gasteiger partial charge in [0.15, 0.2) is 0 Å². The molecule has 1 heterocycles. The largest absolute Gasteiger partial charge is 0.444 e. The summed E-state index contributed by atoms with van der Waals surface area (Å²) in [7, 11) is -3.69. The molecule has 7 nitrogen and oxygen atoms in total. The highest BCUT2D eigenvalue weighted by atomic mass is 32.2. The van der Waals surface area contributed by atoms with E-state index in [0.29, 0.717) is 43.9 Å². The number of nitrogens with zero attached hydrogens (tertiary/aromatic N) is 1. The fourth-order valence-electron chi connectivity index (χ4n) is 3.63. The first-order valence-corrected chi connectivity index (χ1v) is 12.7. The maximum Gasteiger partial charge on any atom is 0.416 e. The van der Waals surface area contributed by atoms with Gasteiger partial charge in [0.25, 0.3) is 0 Å². The van der Waals surface area contributed by atoms with Gasteiger partial charge in [-0.05, 0) is 75.1 Å². The maximum atomic E-state index is 13.0. The standard InChI is InChI=1S/C24H30F3N3O4S/c1-23(2,3)34-22(31)29-15-18-12-13-30(16-18)35(32,33)21-10-8-20(9-11-21)28-14-17-4-6-19(7-5-17)24(25,26)27/h4-11,18,28H,12-16H2,1-3H3,(H,29,31)/t18-/m1/s1. The van der Waals surface area contributed by atoms with Crippen molar-refractivity contribution in [2.24, 2.45) is 5.92 Å². The van der Waals surface area contributed by atoms with E-state index >= 15 is 0 Å². The van der Waals surface area contributed by atoms with Crippen LogP contribution in [0.3, 0.4) is 0 Å². The summed E-state index contributed by atoms with van der Waals surface area (Å²) < 4.78 is 70.6. The van der Waals surface area contributed by atoms with Crippen LogP contribution < -0.4 is 10.6 Å². The zero-order chi connectivity index (χ0) is 25.9. The fraction of sp³-hybridized carbons (Fsp3) is 0.458. The van der Waals surface area contributed by atoms with Gasteiger partial charge in [-0.3, -0.25) is 0 Å². The normalized spacial score (nSPS) is 17.3. The molecular weight excluding hydrogens is 483 g/mol. The molecule has 35 heavy (non-hydrogen) atoms. The van der Waals surface area contributed by atoms with Crippen LogP contribution in [0.15, 0.2) is 53.4 Å². The van der Waals surface area contributed by atoms with E-state index in [2.05, 4.69) is 10.6 Å². The number of carbonyl (C=O) groups excluding carboxylic acids is 1. The van der Waals surface area contributed by atoms with Gasteiger partial charge in [0.1, 0.15) is 5.60 Å². The molecule has 1 aliphatic rings. The number of benzene rings is 2. The number of nitrogens with one attached hydrogen (secondary N) is 2. The smallest absolute Gasteiger partial charge is 0.416 e. The van der Waals surface area contributed by atoms with Crippen molar-refractivity contribution in [1.82, 2.24) is 9.62 Å². The van der Waals surface area contributed by atoms with Gasteiger partial charge >= 0.3 is 12.3 Å². The average molecular weight is 514 g/mol. The van der Waals surface area contributed by atoms with Crippen molar-refractivity contribution in [2.45, 2.75) is 50.4 Å². The summed E-state index contributed by atoms with van der Waals surface area (Å²) in [5.74, 6) is -0.0121. The SMILES string of the molecule is CC(C)(C)OC(=O)NC[C@H]1CCN(S(=O)(=O)c2ccc(NCc3ccc(C(F)(F)F)cc3)cc2)C1. The van der Waals surface area contributed by atoms with E-state index in [4.69, 9.17) is 4.74 Å². The van der Waals surface area contributed by atoms with Crippen LogP contribution in [0.5, 0.6) is 0 Å². The van der Waals surface area contributed by atoms with Crippen LogP contribution in [0, 0.1) is 5.92 Å². The number of amides is 1. The van der Waals surface area contributed by atoms with Crippen molar-refractivity contribution in [1.29, 1.82) is 0 Å². The number of hydrogen-bond donors (Lipinski definition) is 2. The van der Waals surface area contributed by atoms with Crippen molar-refractivity contribution in [2.75, 3.05) is 25.0 Å². The quantitative estimate of drug-likeness (QED) is 0.553. The minimum Gasteiger partial charge on any atom is -0.444 e. The third-order valence-electron chi connectivity index (χ3n) is 5.45. The molecule has 0 spiro atoms. The molecule has 0 bridgehead atoms. The molecule has 2 aromatic carbocycles. The minimum absolute atomic E-state index is 0.0121. The number of hydrogen-bond acceptors (Lipinski definition) is 5. The molecule has 0 radical (unpaired) electrons. The third kappa shape index (κ3) is 7.60. The summed E-state index contributed by atoms with van der Waals surface area (Å²) in [4.78, 5) is 12.0. The van der Waals surface area contributed by atoms with Crippen LogP contribution in [0.1, 0.15) is 38.3 Å². The Balaban J connectivity index is 1.52. The number of rotatable bonds is 7. The number of halogens is 3. The number of anilines is 1. The number of alkyl carbamates (subject to hydrolysis) is 1. The third-order valence-corrected chi connectivity index (χ3v) is 7.33. The highest BCUT2D eigenvalue weighted by Gasteiger charge is 2.33. The monoisotopic (exact) mass is 513 g/mol. The molecule has 1 amide bonds. The van der Waals surface area contributed by atoms with Gasteiger partial charge in [0.2, 0.25) is 10.0 Å². The molecule has 1 saturated heterocycles. The summed E-state index contributed by atoms with van der Waals surface area (Å²) in [6.45, 7) is 6.59. The lowest BCUT2D eigenvalue weighted by Gasteiger charge is -2.21.